The topological polar surface area (TPSA) is 46.5 Å². The maximum atomic E-state index is 10.1. The number of carboxylic acid groups (broad SMARTS) is 1. The van der Waals surface area contributed by atoms with Crippen molar-refractivity contribution in [2.24, 2.45) is 0 Å². The Morgan fingerprint density at radius 2 is 1.36 bits per heavy atom. The number of ether oxygens (including phenoxy) is 1. The highest BCUT2D eigenvalue weighted by Gasteiger charge is 1.95. The first kappa shape index (κ1) is 20.5. The van der Waals surface area contributed by atoms with Crippen molar-refractivity contribution in [1.29, 1.82) is 0 Å². The van der Waals surface area contributed by atoms with Gasteiger partial charge in [-0.2, -0.15) is 0 Å². The quantitative estimate of drug-likeness (QED) is 0.234. The van der Waals surface area contributed by atoms with Crippen LogP contribution in [0.3, 0.4) is 0 Å². The highest BCUT2D eigenvalue weighted by molar-refractivity contribution is 5.56. The van der Waals surface area contributed by atoms with Crippen LogP contribution in [-0.2, 0) is 4.74 Å². The predicted molar refractivity (Wildman–Crippen MR) is 93.2 cm³/mol. The summed E-state index contributed by atoms with van der Waals surface area (Å²) in [7, 11) is 0. The lowest BCUT2D eigenvalue weighted by Crippen LogP contribution is -2.01. The third kappa shape index (κ3) is 18.5. The Morgan fingerprint density at radius 1 is 0.818 bits per heavy atom. The Labute approximate surface area is 135 Å². The van der Waals surface area contributed by atoms with E-state index in [1.54, 1.807) is 0 Å². The molecule has 0 saturated heterocycles. The smallest absolute Gasteiger partial charge is 0.450 e. The molecule has 0 amide bonds. The molecule has 0 aliphatic rings. The van der Waals surface area contributed by atoms with E-state index in [1.807, 2.05) is 0 Å². The highest BCUT2D eigenvalue weighted by Crippen LogP contribution is 2.08. The molecule has 0 bridgehead atoms. The van der Waals surface area contributed by atoms with Gasteiger partial charge in [0.15, 0.2) is 0 Å². The van der Waals surface area contributed by atoms with Crippen molar-refractivity contribution >= 4 is 6.16 Å². The second kappa shape index (κ2) is 17.5. The number of carbonyl (C=O) groups is 1. The normalized spacial score (nSPS) is 11.9. The van der Waals surface area contributed by atoms with Gasteiger partial charge >= 0.3 is 6.16 Å². The van der Waals surface area contributed by atoms with Crippen LogP contribution in [0, 0.1) is 0 Å². The van der Waals surface area contributed by atoms with Crippen molar-refractivity contribution in [3.8, 4) is 0 Å². The van der Waals surface area contributed by atoms with Gasteiger partial charge in [0.05, 0.1) is 6.61 Å². The summed E-state index contributed by atoms with van der Waals surface area (Å²) in [6.07, 6.45) is 23.3. The molecule has 0 rings (SSSR count). The molecule has 0 aromatic carbocycles. The molecule has 126 valence electrons. The van der Waals surface area contributed by atoms with E-state index in [4.69, 9.17) is 5.11 Å². The lowest BCUT2D eigenvalue weighted by Gasteiger charge is -2.01. The summed E-state index contributed by atoms with van der Waals surface area (Å²) in [5.74, 6) is 0. The average molecular weight is 308 g/mol. The summed E-state index contributed by atoms with van der Waals surface area (Å²) in [6.45, 7) is 2.48. The first-order valence-electron chi connectivity index (χ1n) is 8.58. The first-order chi connectivity index (χ1) is 10.8. The van der Waals surface area contributed by atoms with Gasteiger partial charge < -0.3 is 9.84 Å². The van der Waals surface area contributed by atoms with Crippen LogP contribution in [0.1, 0.15) is 71.1 Å². The van der Waals surface area contributed by atoms with Crippen LogP contribution in [-0.4, -0.2) is 17.9 Å². The second-order valence-electron chi connectivity index (χ2n) is 5.32. The SMILES string of the molecule is CC/C=C\C/C=C\C/C=C\CCCCCCCCOC(=O)O. The molecule has 0 unspecified atom stereocenters. The number of hydrogen-bond acceptors (Lipinski definition) is 2. The van der Waals surface area contributed by atoms with Gasteiger partial charge in [-0.05, 0) is 38.5 Å². The number of rotatable bonds is 14. The Morgan fingerprint density at radius 3 is 2.00 bits per heavy atom. The molecule has 0 aromatic heterocycles. The van der Waals surface area contributed by atoms with Crippen LogP contribution in [0.2, 0.25) is 0 Å². The maximum absolute atomic E-state index is 10.1. The standard InChI is InChI=1S/C19H32O3/c1-2-3-4-5-6-7-8-9-10-11-12-13-14-15-16-17-18-22-19(20)21/h3-4,6-7,9-10H,2,5,8,11-18H2,1H3,(H,20,21)/b4-3-,7-6-,10-9-. The highest BCUT2D eigenvalue weighted by atomic mass is 16.7. The van der Waals surface area contributed by atoms with Gasteiger partial charge in [0, 0.05) is 0 Å². The summed E-state index contributed by atoms with van der Waals surface area (Å²) < 4.78 is 4.46. The minimum absolute atomic E-state index is 0.333. The molecule has 1 N–H and O–H groups in total. The van der Waals surface area contributed by atoms with E-state index >= 15 is 0 Å². The molecular weight excluding hydrogens is 276 g/mol. The van der Waals surface area contributed by atoms with Gasteiger partial charge in [-0.15, -0.1) is 0 Å². The van der Waals surface area contributed by atoms with Gasteiger partial charge in [-0.1, -0.05) is 69.1 Å². The molecule has 0 aliphatic heterocycles. The molecule has 0 heterocycles. The molecule has 3 heteroatoms. The van der Waals surface area contributed by atoms with Crippen LogP contribution in [0.25, 0.3) is 0 Å². The predicted octanol–water partition coefficient (Wildman–Crippen LogP) is 6.27. The molecule has 0 spiro atoms. The van der Waals surface area contributed by atoms with Crippen LogP contribution in [0.4, 0.5) is 4.79 Å². The Balaban J connectivity index is 3.20. The zero-order chi connectivity index (χ0) is 16.3. The van der Waals surface area contributed by atoms with Gasteiger partial charge in [0.1, 0.15) is 0 Å². The fourth-order valence-electron chi connectivity index (χ4n) is 2.06. The summed E-state index contributed by atoms with van der Waals surface area (Å²) in [4.78, 5) is 10.1. The van der Waals surface area contributed by atoms with Gasteiger partial charge in [0.2, 0.25) is 0 Å². The lowest BCUT2D eigenvalue weighted by atomic mass is 10.1. The third-order valence-electron chi connectivity index (χ3n) is 3.27. The van der Waals surface area contributed by atoms with E-state index in [1.165, 1.54) is 25.7 Å². The van der Waals surface area contributed by atoms with Crippen LogP contribution in [0.15, 0.2) is 36.5 Å². The van der Waals surface area contributed by atoms with Crippen molar-refractivity contribution in [1.82, 2.24) is 0 Å². The fraction of sp³-hybridized carbons (Fsp3) is 0.632. The molecule has 0 saturated carbocycles. The van der Waals surface area contributed by atoms with E-state index in [-0.39, 0.29) is 0 Å². The van der Waals surface area contributed by atoms with Crippen molar-refractivity contribution in [2.45, 2.75) is 71.1 Å². The molecule has 0 aromatic rings. The Hall–Kier alpha value is -1.51. The Bertz CT molecular complexity index is 330. The average Bonchev–Trinajstić information content (AvgIpc) is 2.50. The van der Waals surface area contributed by atoms with E-state index in [9.17, 15) is 4.79 Å². The van der Waals surface area contributed by atoms with E-state index in [0.717, 1.165) is 38.5 Å². The van der Waals surface area contributed by atoms with E-state index in [0.29, 0.717) is 6.61 Å². The number of unbranched alkanes of at least 4 members (excludes halogenated alkanes) is 6. The molecule has 22 heavy (non-hydrogen) atoms. The fourth-order valence-corrected chi connectivity index (χ4v) is 2.06. The van der Waals surface area contributed by atoms with Gasteiger partial charge in [-0.3, -0.25) is 0 Å². The van der Waals surface area contributed by atoms with Crippen molar-refractivity contribution < 1.29 is 14.6 Å². The summed E-state index contributed by atoms with van der Waals surface area (Å²) >= 11 is 0. The van der Waals surface area contributed by atoms with Crippen LogP contribution < -0.4 is 0 Å². The monoisotopic (exact) mass is 308 g/mol. The summed E-state index contributed by atoms with van der Waals surface area (Å²) in [5.41, 5.74) is 0. The van der Waals surface area contributed by atoms with Gasteiger partial charge in [-0.25, -0.2) is 4.79 Å². The summed E-state index contributed by atoms with van der Waals surface area (Å²) in [6, 6.07) is 0. The number of allylic oxidation sites excluding steroid dienone is 6. The van der Waals surface area contributed by atoms with Crippen molar-refractivity contribution in [3.05, 3.63) is 36.5 Å². The lowest BCUT2D eigenvalue weighted by molar-refractivity contribution is 0.0899. The minimum atomic E-state index is -1.17. The molecule has 3 nitrogen and oxygen atoms in total. The minimum Gasteiger partial charge on any atom is -0.450 e. The van der Waals surface area contributed by atoms with Crippen molar-refractivity contribution in [3.63, 3.8) is 0 Å². The van der Waals surface area contributed by atoms with Crippen LogP contribution in [0.5, 0.6) is 0 Å². The second-order valence-corrected chi connectivity index (χ2v) is 5.32. The molecular formula is C19H32O3. The van der Waals surface area contributed by atoms with E-state index in [2.05, 4.69) is 48.1 Å². The maximum Gasteiger partial charge on any atom is 0.505 e. The van der Waals surface area contributed by atoms with Crippen molar-refractivity contribution in [2.75, 3.05) is 6.61 Å². The Kier molecular flexibility index (Phi) is 16.3. The largest absolute Gasteiger partial charge is 0.505 e. The zero-order valence-corrected chi connectivity index (χ0v) is 14.0. The molecule has 0 fully saturated rings. The summed E-state index contributed by atoms with van der Waals surface area (Å²) in [5, 5.41) is 8.30. The molecule has 0 atom stereocenters. The number of hydrogen-bond donors (Lipinski definition) is 1. The van der Waals surface area contributed by atoms with Crippen LogP contribution >= 0.6 is 0 Å². The zero-order valence-electron chi connectivity index (χ0n) is 14.0. The van der Waals surface area contributed by atoms with Gasteiger partial charge in [0.25, 0.3) is 0 Å². The van der Waals surface area contributed by atoms with E-state index < -0.39 is 6.16 Å². The third-order valence-corrected chi connectivity index (χ3v) is 3.27. The first-order valence-corrected chi connectivity index (χ1v) is 8.58. The molecule has 0 aliphatic carbocycles. The molecule has 0 radical (unpaired) electrons.